The number of hydrogen-bond donors (Lipinski definition) is 2. The lowest BCUT2D eigenvalue weighted by Gasteiger charge is -2.26. The summed E-state index contributed by atoms with van der Waals surface area (Å²) in [7, 11) is 0. The van der Waals surface area contributed by atoms with Crippen LogP contribution in [-0.4, -0.2) is 33.4 Å². The number of nitrogens with one attached hydrogen (secondary N) is 1. The van der Waals surface area contributed by atoms with Crippen molar-refractivity contribution in [1.29, 1.82) is 0 Å². The molecule has 14 heavy (non-hydrogen) atoms. The van der Waals surface area contributed by atoms with E-state index in [1.54, 1.807) is 13.8 Å². The highest BCUT2D eigenvalue weighted by Crippen LogP contribution is 2.07. The van der Waals surface area contributed by atoms with Crippen LogP contribution >= 0.6 is 0 Å². The number of aliphatic hydroxyl groups is 1. The first kappa shape index (κ1) is 11.1. The first-order chi connectivity index (χ1) is 6.50. The molecule has 1 heterocycles. The summed E-state index contributed by atoms with van der Waals surface area (Å²) in [6.07, 6.45) is 2.06. The van der Waals surface area contributed by atoms with Gasteiger partial charge in [-0.05, 0) is 20.8 Å². The van der Waals surface area contributed by atoms with Crippen LogP contribution in [0.25, 0.3) is 0 Å². The maximum Gasteiger partial charge on any atom is 0.227 e. The molecular formula is C9H17N3O2. The Morgan fingerprint density at radius 2 is 2.36 bits per heavy atom. The Morgan fingerprint density at radius 1 is 1.64 bits per heavy atom. The summed E-state index contributed by atoms with van der Waals surface area (Å²) in [4.78, 5) is 3.89. The minimum atomic E-state index is -0.713. The maximum atomic E-state index is 9.63. The lowest BCUT2D eigenvalue weighted by atomic mass is 10.0. The van der Waals surface area contributed by atoms with Crippen molar-refractivity contribution >= 4 is 0 Å². The van der Waals surface area contributed by atoms with E-state index in [-0.39, 0.29) is 6.04 Å². The zero-order chi connectivity index (χ0) is 10.6. The normalized spacial score (nSPS) is 14.3. The zero-order valence-corrected chi connectivity index (χ0v) is 8.82. The highest BCUT2D eigenvalue weighted by atomic mass is 16.5. The topological polar surface area (TPSA) is 71.2 Å². The molecule has 5 nitrogen and oxygen atoms in total. The molecule has 0 amide bonds. The fraction of sp³-hybridized carbons (Fsp3) is 0.778. The van der Waals surface area contributed by atoms with Crippen molar-refractivity contribution in [2.24, 2.45) is 0 Å². The summed E-state index contributed by atoms with van der Waals surface area (Å²) < 4.78 is 4.84. The second-order valence-electron chi connectivity index (χ2n) is 3.91. The first-order valence-corrected chi connectivity index (χ1v) is 4.71. The molecular weight excluding hydrogens is 182 g/mol. The van der Waals surface area contributed by atoms with Crippen molar-refractivity contribution in [3.63, 3.8) is 0 Å². The predicted molar refractivity (Wildman–Crippen MR) is 51.8 cm³/mol. The molecule has 1 atom stereocenters. The molecule has 0 aliphatic carbocycles. The Morgan fingerprint density at radius 3 is 2.86 bits per heavy atom. The van der Waals surface area contributed by atoms with E-state index in [1.165, 1.54) is 6.33 Å². The van der Waals surface area contributed by atoms with Crippen LogP contribution in [0.1, 0.15) is 26.7 Å². The van der Waals surface area contributed by atoms with Gasteiger partial charge in [0.1, 0.15) is 0 Å². The van der Waals surface area contributed by atoms with Crippen LogP contribution in [0, 0.1) is 0 Å². The number of rotatable bonds is 5. The van der Waals surface area contributed by atoms with Gasteiger partial charge in [0.2, 0.25) is 5.89 Å². The summed E-state index contributed by atoms with van der Waals surface area (Å²) in [5.41, 5.74) is -0.713. The molecule has 1 aromatic heterocycles. The van der Waals surface area contributed by atoms with E-state index in [4.69, 9.17) is 4.52 Å². The molecule has 0 aliphatic rings. The first-order valence-electron chi connectivity index (χ1n) is 4.71. The summed E-state index contributed by atoms with van der Waals surface area (Å²) in [6, 6.07) is 0.0328. The standard InChI is InChI=1S/C9H17N3O2/c1-7(9(2,3)13)10-5-4-8-11-6-12-14-8/h6-7,10,13H,4-5H2,1-3H3. The highest BCUT2D eigenvalue weighted by molar-refractivity contribution is 4.82. The van der Waals surface area contributed by atoms with Gasteiger partial charge in [0, 0.05) is 19.0 Å². The fourth-order valence-corrected chi connectivity index (χ4v) is 0.952. The van der Waals surface area contributed by atoms with Crippen LogP contribution in [-0.2, 0) is 6.42 Å². The van der Waals surface area contributed by atoms with E-state index in [2.05, 4.69) is 15.5 Å². The number of aromatic nitrogens is 2. The Hall–Kier alpha value is -0.940. The van der Waals surface area contributed by atoms with Gasteiger partial charge in [0.15, 0.2) is 6.33 Å². The second-order valence-corrected chi connectivity index (χ2v) is 3.91. The molecule has 0 fully saturated rings. The SMILES string of the molecule is CC(NCCc1ncno1)C(C)(C)O. The highest BCUT2D eigenvalue weighted by Gasteiger charge is 2.21. The maximum absolute atomic E-state index is 9.63. The zero-order valence-electron chi connectivity index (χ0n) is 8.82. The monoisotopic (exact) mass is 199 g/mol. The molecule has 2 N–H and O–H groups in total. The summed E-state index contributed by atoms with van der Waals surface area (Å²) in [6.45, 7) is 6.20. The van der Waals surface area contributed by atoms with Crippen LogP contribution < -0.4 is 5.32 Å². The van der Waals surface area contributed by atoms with E-state index in [0.717, 1.165) is 0 Å². The van der Waals surface area contributed by atoms with Crippen LogP contribution in [0.4, 0.5) is 0 Å². The van der Waals surface area contributed by atoms with Crippen molar-refractivity contribution < 1.29 is 9.63 Å². The van der Waals surface area contributed by atoms with E-state index in [1.807, 2.05) is 6.92 Å². The predicted octanol–water partition coefficient (Wildman–Crippen LogP) is 0.361. The third-order valence-electron chi connectivity index (χ3n) is 2.26. The quantitative estimate of drug-likeness (QED) is 0.716. The molecule has 1 rings (SSSR count). The van der Waals surface area contributed by atoms with Crippen LogP contribution in [0.5, 0.6) is 0 Å². The van der Waals surface area contributed by atoms with Crippen molar-refractivity contribution in [3.8, 4) is 0 Å². The Balaban J connectivity index is 2.22. The third kappa shape index (κ3) is 3.43. The smallest absolute Gasteiger partial charge is 0.227 e. The van der Waals surface area contributed by atoms with Gasteiger partial charge >= 0.3 is 0 Å². The van der Waals surface area contributed by atoms with Gasteiger partial charge in [-0.15, -0.1) is 0 Å². The van der Waals surface area contributed by atoms with Gasteiger partial charge in [-0.3, -0.25) is 0 Å². The molecule has 0 bridgehead atoms. The molecule has 80 valence electrons. The van der Waals surface area contributed by atoms with Crippen LogP contribution in [0.3, 0.4) is 0 Å². The summed E-state index contributed by atoms with van der Waals surface area (Å²) in [5.74, 6) is 0.612. The van der Waals surface area contributed by atoms with Crippen molar-refractivity contribution in [2.45, 2.75) is 38.8 Å². The average molecular weight is 199 g/mol. The number of hydrogen-bond acceptors (Lipinski definition) is 5. The second kappa shape index (κ2) is 4.52. The van der Waals surface area contributed by atoms with Gasteiger partial charge in [0.25, 0.3) is 0 Å². The van der Waals surface area contributed by atoms with Gasteiger partial charge in [0.05, 0.1) is 5.60 Å². The molecule has 0 saturated carbocycles. The molecule has 0 aliphatic heterocycles. The molecule has 0 aromatic carbocycles. The van der Waals surface area contributed by atoms with Gasteiger partial charge in [-0.2, -0.15) is 4.98 Å². The van der Waals surface area contributed by atoms with Crippen molar-refractivity contribution in [2.75, 3.05) is 6.54 Å². The lowest BCUT2D eigenvalue weighted by Crippen LogP contribution is -2.45. The Bertz CT molecular complexity index is 254. The average Bonchev–Trinajstić information content (AvgIpc) is 2.55. The largest absolute Gasteiger partial charge is 0.389 e. The van der Waals surface area contributed by atoms with Gasteiger partial charge in [-0.1, -0.05) is 5.16 Å². The van der Waals surface area contributed by atoms with E-state index in [9.17, 15) is 5.11 Å². The molecule has 5 heteroatoms. The molecule has 0 radical (unpaired) electrons. The van der Waals surface area contributed by atoms with E-state index < -0.39 is 5.60 Å². The van der Waals surface area contributed by atoms with Gasteiger partial charge < -0.3 is 14.9 Å². The molecule has 0 spiro atoms. The molecule has 0 saturated heterocycles. The van der Waals surface area contributed by atoms with E-state index >= 15 is 0 Å². The Kier molecular flexibility index (Phi) is 3.60. The minimum absolute atomic E-state index is 0.0328. The van der Waals surface area contributed by atoms with Crippen LogP contribution in [0.2, 0.25) is 0 Å². The Labute approximate surface area is 83.5 Å². The molecule has 1 unspecified atom stereocenters. The lowest BCUT2D eigenvalue weighted by molar-refractivity contribution is 0.0444. The molecule has 1 aromatic rings. The van der Waals surface area contributed by atoms with Crippen molar-refractivity contribution in [1.82, 2.24) is 15.5 Å². The number of nitrogens with zero attached hydrogens (tertiary/aromatic N) is 2. The van der Waals surface area contributed by atoms with Crippen molar-refractivity contribution in [3.05, 3.63) is 12.2 Å². The van der Waals surface area contributed by atoms with Gasteiger partial charge in [-0.25, -0.2) is 0 Å². The third-order valence-corrected chi connectivity index (χ3v) is 2.26. The fourth-order valence-electron chi connectivity index (χ4n) is 0.952. The van der Waals surface area contributed by atoms with E-state index in [0.29, 0.717) is 18.9 Å². The van der Waals surface area contributed by atoms with Crippen LogP contribution in [0.15, 0.2) is 10.9 Å². The summed E-state index contributed by atoms with van der Waals surface area (Å²) in [5, 5.41) is 16.3. The summed E-state index contributed by atoms with van der Waals surface area (Å²) >= 11 is 0. The minimum Gasteiger partial charge on any atom is -0.389 e.